The van der Waals surface area contributed by atoms with Crippen LogP contribution in [0.25, 0.3) is 11.0 Å². The topological polar surface area (TPSA) is 82.6 Å². The maximum Gasteiger partial charge on any atom is 0.336 e. The normalized spacial score (nSPS) is 13.0. The SMILES string of the molecule is O=c1cc(COc2ccc(Cl)cc2[N+](=O)[O-])c2cc3c(cc2o1)CCC3. The monoisotopic (exact) mass is 371 g/mol. The van der Waals surface area contributed by atoms with Gasteiger partial charge in [0, 0.05) is 28.1 Å². The van der Waals surface area contributed by atoms with Crippen LogP contribution >= 0.6 is 11.6 Å². The fraction of sp³-hybridized carbons (Fsp3) is 0.211. The molecule has 0 aliphatic heterocycles. The first-order chi connectivity index (χ1) is 12.5. The molecule has 0 bridgehead atoms. The number of aryl methyl sites for hydroxylation is 2. The zero-order valence-corrected chi connectivity index (χ0v) is 14.4. The summed E-state index contributed by atoms with van der Waals surface area (Å²) in [6, 6.07) is 9.51. The van der Waals surface area contributed by atoms with Crippen molar-refractivity contribution < 1.29 is 14.1 Å². The van der Waals surface area contributed by atoms with Crippen LogP contribution in [0.5, 0.6) is 5.75 Å². The van der Waals surface area contributed by atoms with Crippen molar-refractivity contribution in [2.24, 2.45) is 0 Å². The summed E-state index contributed by atoms with van der Waals surface area (Å²) < 4.78 is 11.0. The van der Waals surface area contributed by atoms with Gasteiger partial charge in [0.25, 0.3) is 0 Å². The summed E-state index contributed by atoms with van der Waals surface area (Å²) in [6.45, 7) is 0.0172. The summed E-state index contributed by atoms with van der Waals surface area (Å²) in [4.78, 5) is 22.5. The number of hydrogen-bond acceptors (Lipinski definition) is 5. The highest BCUT2D eigenvalue weighted by Crippen LogP contribution is 2.32. The van der Waals surface area contributed by atoms with E-state index in [9.17, 15) is 14.9 Å². The molecule has 0 radical (unpaired) electrons. The van der Waals surface area contributed by atoms with E-state index in [4.69, 9.17) is 20.8 Å². The number of nitrogens with zero attached hydrogens (tertiary/aromatic N) is 1. The van der Waals surface area contributed by atoms with E-state index < -0.39 is 10.5 Å². The van der Waals surface area contributed by atoms with Gasteiger partial charge in [-0.3, -0.25) is 10.1 Å². The average Bonchev–Trinajstić information content (AvgIpc) is 3.05. The molecule has 0 atom stereocenters. The Morgan fingerprint density at radius 1 is 1.15 bits per heavy atom. The van der Waals surface area contributed by atoms with E-state index in [-0.39, 0.29) is 23.1 Å². The molecule has 7 heteroatoms. The van der Waals surface area contributed by atoms with Crippen LogP contribution in [0, 0.1) is 10.1 Å². The summed E-state index contributed by atoms with van der Waals surface area (Å²) >= 11 is 5.82. The number of fused-ring (bicyclic) bond motifs is 2. The molecule has 26 heavy (non-hydrogen) atoms. The van der Waals surface area contributed by atoms with Gasteiger partial charge in [0.15, 0.2) is 5.75 Å². The molecule has 3 aromatic rings. The van der Waals surface area contributed by atoms with Crippen molar-refractivity contribution in [2.45, 2.75) is 25.9 Å². The van der Waals surface area contributed by atoms with Gasteiger partial charge in [-0.25, -0.2) is 4.79 Å². The van der Waals surface area contributed by atoms with Gasteiger partial charge in [0.1, 0.15) is 12.2 Å². The first-order valence-electron chi connectivity index (χ1n) is 8.16. The van der Waals surface area contributed by atoms with E-state index in [0.717, 1.165) is 24.6 Å². The van der Waals surface area contributed by atoms with Crippen molar-refractivity contribution in [3.05, 3.63) is 78.6 Å². The van der Waals surface area contributed by atoms with Gasteiger partial charge >= 0.3 is 11.3 Å². The average molecular weight is 372 g/mol. The summed E-state index contributed by atoms with van der Waals surface area (Å²) in [6.07, 6.45) is 3.05. The van der Waals surface area contributed by atoms with Crippen molar-refractivity contribution in [3.8, 4) is 5.75 Å². The Morgan fingerprint density at radius 3 is 2.69 bits per heavy atom. The number of benzene rings is 2. The third kappa shape index (κ3) is 3.04. The van der Waals surface area contributed by atoms with Crippen LogP contribution in [-0.2, 0) is 19.4 Å². The fourth-order valence-corrected chi connectivity index (χ4v) is 3.49. The van der Waals surface area contributed by atoms with Gasteiger partial charge in [0.2, 0.25) is 0 Å². The third-order valence-electron chi connectivity index (χ3n) is 4.54. The quantitative estimate of drug-likeness (QED) is 0.385. The second-order valence-corrected chi connectivity index (χ2v) is 6.66. The van der Waals surface area contributed by atoms with E-state index >= 15 is 0 Å². The zero-order valence-electron chi connectivity index (χ0n) is 13.7. The molecular formula is C19H14ClNO5. The Morgan fingerprint density at radius 2 is 1.92 bits per heavy atom. The Hall–Kier alpha value is -2.86. The van der Waals surface area contributed by atoms with Crippen LogP contribution < -0.4 is 10.4 Å². The number of nitro groups is 1. The van der Waals surface area contributed by atoms with E-state index in [1.54, 1.807) is 0 Å². The minimum absolute atomic E-state index is 0.0172. The Bertz CT molecular complexity index is 1090. The molecule has 2 aromatic carbocycles. The van der Waals surface area contributed by atoms with Crippen LogP contribution in [0.1, 0.15) is 23.1 Å². The lowest BCUT2D eigenvalue weighted by molar-refractivity contribution is -0.385. The molecule has 1 heterocycles. The third-order valence-corrected chi connectivity index (χ3v) is 4.78. The fourth-order valence-electron chi connectivity index (χ4n) is 3.32. The molecular weight excluding hydrogens is 358 g/mol. The van der Waals surface area contributed by atoms with Crippen LogP contribution in [0.15, 0.2) is 45.6 Å². The molecule has 0 fully saturated rings. The first-order valence-corrected chi connectivity index (χ1v) is 8.54. The number of ether oxygens (including phenoxy) is 1. The Labute approximate surface area is 153 Å². The van der Waals surface area contributed by atoms with Crippen LogP contribution in [0.4, 0.5) is 5.69 Å². The summed E-state index contributed by atoms with van der Waals surface area (Å²) in [5.74, 6) is 0.0990. The maximum absolute atomic E-state index is 11.9. The van der Waals surface area contributed by atoms with Gasteiger partial charge in [-0.05, 0) is 54.7 Å². The van der Waals surface area contributed by atoms with E-state index in [1.807, 2.05) is 12.1 Å². The minimum Gasteiger partial charge on any atom is -0.482 e. The highest BCUT2D eigenvalue weighted by atomic mass is 35.5. The van der Waals surface area contributed by atoms with E-state index in [2.05, 4.69) is 0 Å². The second-order valence-electron chi connectivity index (χ2n) is 6.22. The first kappa shape index (κ1) is 16.6. The molecule has 4 rings (SSSR count). The van der Waals surface area contributed by atoms with Gasteiger partial charge in [-0.15, -0.1) is 0 Å². The predicted molar refractivity (Wildman–Crippen MR) is 96.9 cm³/mol. The molecule has 132 valence electrons. The van der Waals surface area contributed by atoms with Crippen molar-refractivity contribution in [1.82, 2.24) is 0 Å². The van der Waals surface area contributed by atoms with Gasteiger partial charge < -0.3 is 9.15 Å². The summed E-state index contributed by atoms with van der Waals surface area (Å²) in [7, 11) is 0. The number of halogens is 1. The van der Waals surface area contributed by atoms with Crippen molar-refractivity contribution >= 4 is 28.3 Å². The maximum atomic E-state index is 11.9. The zero-order chi connectivity index (χ0) is 18.3. The molecule has 0 amide bonds. The molecule has 1 aliphatic carbocycles. The van der Waals surface area contributed by atoms with Crippen molar-refractivity contribution in [2.75, 3.05) is 0 Å². The highest BCUT2D eigenvalue weighted by molar-refractivity contribution is 6.30. The van der Waals surface area contributed by atoms with Gasteiger partial charge in [-0.2, -0.15) is 0 Å². The summed E-state index contributed by atoms with van der Waals surface area (Å²) in [5, 5.41) is 12.2. The Kier molecular flexibility index (Phi) is 4.12. The van der Waals surface area contributed by atoms with Gasteiger partial charge in [-0.1, -0.05) is 11.6 Å². The van der Waals surface area contributed by atoms with E-state index in [1.165, 1.54) is 35.4 Å². The largest absolute Gasteiger partial charge is 0.482 e. The molecule has 6 nitrogen and oxygen atoms in total. The van der Waals surface area contributed by atoms with Crippen molar-refractivity contribution in [3.63, 3.8) is 0 Å². The smallest absolute Gasteiger partial charge is 0.336 e. The van der Waals surface area contributed by atoms with Crippen LogP contribution in [0.3, 0.4) is 0 Å². The molecule has 1 aromatic heterocycles. The standard InChI is InChI=1S/C19H14ClNO5/c20-14-4-5-17(16(9-14)21(23)24)25-10-13-8-19(22)26-18-7-12-3-1-2-11(12)6-15(13)18/h4-9H,1-3,10H2. The lowest BCUT2D eigenvalue weighted by Gasteiger charge is -2.10. The highest BCUT2D eigenvalue weighted by Gasteiger charge is 2.18. The second kappa shape index (κ2) is 6.46. The number of nitro benzene ring substituents is 1. The molecule has 0 saturated heterocycles. The summed E-state index contributed by atoms with van der Waals surface area (Å²) in [5.41, 5.74) is 2.90. The van der Waals surface area contributed by atoms with Crippen LogP contribution in [-0.4, -0.2) is 4.92 Å². The molecule has 0 N–H and O–H groups in total. The number of hydrogen-bond donors (Lipinski definition) is 0. The lowest BCUT2D eigenvalue weighted by Crippen LogP contribution is -2.05. The van der Waals surface area contributed by atoms with Gasteiger partial charge in [0.05, 0.1) is 4.92 Å². The predicted octanol–water partition coefficient (Wildman–Crippen LogP) is 4.42. The molecule has 0 unspecified atom stereocenters. The lowest BCUT2D eigenvalue weighted by atomic mass is 10.0. The molecule has 0 spiro atoms. The Balaban J connectivity index is 1.72. The number of rotatable bonds is 4. The minimum atomic E-state index is -0.550. The molecule has 0 saturated carbocycles. The molecule has 1 aliphatic rings. The van der Waals surface area contributed by atoms with Crippen molar-refractivity contribution in [1.29, 1.82) is 0 Å². The van der Waals surface area contributed by atoms with Crippen LogP contribution in [0.2, 0.25) is 5.02 Å². The van der Waals surface area contributed by atoms with E-state index in [0.29, 0.717) is 11.1 Å².